The molecule has 0 spiro atoms. The van der Waals surface area contributed by atoms with Crippen LogP contribution in [0, 0.1) is 0 Å². The highest BCUT2D eigenvalue weighted by atomic mass is 16.5. The van der Waals surface area contributed by atoms with E-state index in [1.165, 1.54) is 19.0 Å². The molecule has 7 nitrogen and oxygen atoms in total. The van der Waals surface area contributed by atoms with Crippen LogP contribution in [-0.4, -0.2) is 37.0 Å². The van der Waals surface area contributed by atoms with E-state index in [-0.39, 0.29) is 0 Å². The second kappa shape index (κ2) is 5.96. The van der Waals surface area contributed by atoms with Crippen LogP contribution < -0.4 is 4.74 Å². The molecule has 0 atom stereocenters. The molecule has 5 rings (SSSR count). The monoisotopic (exact) mass is 316 g/mol. The van der Waals surface area contributed by atoms with Crippen molar-refractivity contribution >= 4 is 10.8 Å². The number of nitrogens with zero attached hydrogens (tertiary/aromatic N) is 6. The van der Waals surface area contributed by atoms with Gasteiger partial charge in [0.2, 0.25) is 11.6 Å². The molecular weight excluding hydrogens is 304 g/mol. The van der Waals surface area contributed by atoms with Crippen LogP contribution in [0.4, 0.5) is 0 Å². The average molecular weight is 316 g/mol. The number of methoxy groups -OCH3 is 1. The van der Waals surface area contributed by atoms with Crippen molar-refractivity contribution < 1.29 is 4.74 Å². The first-order valence-electron chi connectivity index (χ1n) is 7.24. The molecule has 0 bridgehead atoms. The van der Waals surface area contributed by atoms with Gasteiger partial charge in [-0.15, -0.1) is 0 Å². The molecule has 0 aliphatic carbocycles. The molecule has 116 valence electrons. The molecule has 0 unspecified atom stereocenters. The number of ether oxygens (including phenoxy) is 1. The van der Waals surface area contributed by atoms with Crippen molar-refractivity contribution in [2.24, 2.45) is 0 Å². The van der Waals surface area contributed by atoms with Gasteiger partial charge in [0.1, 0.15) is 24.7 Å². The van der Waals surface area contributed by atoms with E-state index < -0.39 is 0 Å². The third-order valence-corrected chi connectivity index (χ3v) is 3.53. The Morgan fingerprint density at radius 2 is 1.25 bits per heavy atom. The van der Waals surface area contributed by atoms with Crippen molar-refractivity contribution in [2.75, 3.05) is 7.11 Å². The van der Waals surface area contributed by atoms with Crippen molar-refractivity contribution in [3.05, 3.63) is 55.4 Å². The Kier molecular flexibility index (Phi) is 3.51. The van der Waals surface area contributed by atoms with Crippen LogP contribution in [0.5, 0.6) is 5.75 Å². The Bertz CT molecular complexity index is 959. The predicted molar refractivity (Wildman–Crippen MR) is 88.1 cm³/mol. The van der Waals surface area contributed by atoms with Crippen LogP contribution in [0.1, 0.15) is 0 Å². The Balaban J connectivity index is 0.000000207. The summed E-state index contributed by atoms with van der Waals surface area (Å²) in [5.41, 5.74) is 1.02. The second-order valence-electron chi connectivity index (χ2n) is 4.96. The SMILES string of the molecule is COc1ccc(-c2nc3nc-3n2)c2ccccc12.c1ncncn1. The summed E-state index contributed by atoms with van der Waals surface area (Å²) in [6.07, 6.45) is 4.31. The second-order valence-corrected chi connectivity index (χ2v) is 4.96. The average Bonchev–Trinajstić information content (AvgIpc) is 3.28. The van der Waals surface area contributed by atoms with Gasteiger partial charge in [-0.2, -0.15) is 0 Å². The van der Waals surface area contributed by atoms with Crippen LogP contribution in [0.15, 0.2) is 55.4 Å². The van der Waals surface area contributed by atoms with E-state index >= 15 is 0 Å². The van der Waals surface area contributed by atoms with Crippen LogP contribution in [0.25, 0.3) is 33.8 Å². The predicted octanol–water partition coefficient (Wildman–Crippen LogP) is 2.55. The molecule has 0 fully saturated rings. The fourth-order valence-electron chi connectivity index (χ4n) is 2.42. The smallest absolute Gasteiger partial charge is 0.202 e. The number of rotatable bonds is 2. The first-order valence-corrected chi connectivity index (χ1v) is 7.24. The van der Waals surface area contributed by atoms with Crippen LogP contribution in [-0.2, 0) is 0 Å². The van der Waals surface area contributed by atoms with Crippen molar-refractivity contribution in [1.29, 1.82) is 0 Å². The number of fused-ring (bicyclic) bond motifs is 2. The largest absolute Gasteiger partial charge is 0.496 e. The molecule has 2 aliphatic rings. The highest BCUT2D eigenvalue weighted by Gasteiger charge is 2.23. The van der Waals surface area contributed by atoms with Gasteiger partial charge >= 0.3 is 0 Å². The minimum absolute atomic E-state index is 0.744. The third kappa shape index (κ3) is 2.63. The standard InChI is InChI=1S/C14H9N3O.C3H3N3/c1-18-11-7-6-10(8-4-2-3-5-9(8)11)12-15-13-14(16-12)17-13;1-4-2-6-3-5-1/h2-7H,1H3;1-3H. The summed E-state index contributed by atoms with van der Waals surface area (Å²) in [5, 5.41) is 2.17. The zero-order valence-corrected chi connectivity index (χ0v) is 12.8. The number of hydrogen-bond acceptors (Lipinski definition) is 7. The van der Waals surface area contributed by atoms with E-state index in [0.29, 0.717) is 0 Å². The van der Waals surface area contributed by atoms with Gasteiger partial charge < -0.3 is 4.74 Å². The topological polar surface area (TPSA) is 86.6 Å². The molecule has 2 aliphatic heterocycles. The number of aromatic nitrogens is 6. The molecular formula is C17H12N6O. The summed E-state index contributed by atoms with van der Waals surface area (Å²) in [6, 6.07) is 12.0. The quantitative estimate of drug-likeness (QED) is 0.494. The van der Waals surface area contributed by atoms with Crippen molar-refractivity contribution in [2.45, 2.75) is 0 Å². The summed E-state index contributed by atoms with van der Waals surface area (Å²) in [7, 11) is 1.68. The Labute approximate surface area is 137 Å². The van der Waals surface area contributed by atoms with Crippen molar-refractivity contribution in [3.8, 4) is 28.8 Å². The van der Waals surface area contributed by atoms with Crippen LogP contribution >= 0.6 is 0 Å². The zero-order valence-electron chi connectivity index (χ0n) is 12.8. The number of hydrogen-bond donors (Lipinski definition) is 0. The Hall–Kier alpha value is -3.48. The van der Waals surface area contributed by atoms with E-state index in [2.05, 4.69) is 36.0 Å². The molecule has 1 aromatic heterocycles. The Morgan fingerprint density at radius 1 is 0.667 bits per heavy atom. The molecule has 3 aromatic rings. The molecule has 0 saturated carbocycles. The maximum Gasteiger partial charge on any atom is 0.202 e. The minimum atomic E-state index is 0.744. The van der Waals surface area contributed by atoms with Crippen molar-refractivity contribution in [1.82, 2.24) is 29.9 Å². The van der Waals surface area contributed by atoms with Gasteiger partial charge in [0, 0.05) is 10.9 Å². The lowest BCUT2D eigenvalue weighted by molar-refractivity contribution is 0.420. The van der Waals surface area contributed by atoms with Gasteiger partial charge in [-0.25, -0.2) is 29.9 Å². The maximum atomic E-state index is 5.38. The fourth-order valence-corrected chi connectivity index (χ4v) is 2.42. The highest BCUT2D eigenvalue weighted by Crippen LogP contribution is 2.35. The first kappa shape index (κ1) is 14.1. The van der Waals surface area contributed by atoms with Crippen LogP contribution in [0.2, 0.25) is 0 Å². The van der Waals surface area contributed by atoms with Gasteiger partial charge in [0.25, 0.3) is 0 Å². The molecule has 0 N–H and O–H groups in total. The van der Waals surface area contributed by atoms with E-state index in [9.17, 15) is 0 Å². The number of imidazole rings is 1. The van der Waals surface area contributed by atoms with Gasteiger partial charge in [0.05, 0.1) is 7.11 Å². The van der Waals surface area contributed by atoms with E-state index in [1.54, 1.807) is 7.11 Å². The summed E-state index contributed by atoms with van der Waals surface area (Å²) in [4.78, 5) is 23.4. The Morgan fingerprint density at radius 3 is 1.83 bits per heavy atom. The minimum Gasteiger partial charge on any atom is -0.496 e. The molecule has 7 heteroatoms. The maximum absolute atomic E-state index is 5.38. The zero-order chi connectivity index (χ0) is 16.4. The normalized spacial score (nSPS) is 10.7. The molecule has 24 heavy (non-hydrogen) atoms. The number of benzene rings is 2. The summed E-state index contributed by atoms with van der Waals surface area (Å²) < 4.78 is 5.38. The molecule has 0 amide bonds. The van der Waals surface area contributed by atoms with E-state index in [4.69, 9.17) is 4.74 Å². The lowest BCUT2D eigenvalue weighted by Gasteiger charge is -2.08. The summed E-state index contributed by atoms with van der Waals surface area (Å²) in [5.74, 6) is 3.15. The van der Waals surface area contributed by atoms with Gasteiger partial charge in [-0.05, 0) is 17.5 Å². The molecule has 0 saturated heterocycles. The van der Waals surface area contributed by atoms with E-state index in [0.717, 1.165) is 39.6 Å². The van der Waals surface area contributed by atoms with E-state index in [1.807, 2.05) is 30.3 Å². The first-order chi connectivity index (χ1) is 11.9. The molecule has 3 heterocycles. The lowest BCUT2D eigenvalue weighted by Crippen LogP contribution is -1.88. The highest BCUT2D eigenvalue weighted by molar-refractivity contribution is 5.99. The third-order valence-electron chi connectivity index (χ3n) is 3.53. The molecule has 2 aromatic carbocycles. The molecule has 0 radical (unpaired) electrons. The fraction of sp³-hybridized carbons (Fsp3) is 0.0588. The van der Waals surface area contributed by atoms with Gasteiger partial charge in [0.15, 0.2) is 5.82 Å². The van der Waals surface area contributed by atoms with Gasteiger partial charge in [-0.3, -0.25) is 0 Å². The van der Waals surface area contributed by atoms with Gasteiger partial charge in [-0.1, -0.05) is 24.3 Å². The van der Waals surface area contributed by atoms with Crippen molar-refractivity contribution in [3.63, 3.8) is 0 Å². The summed E-state index contributed by atoms with van der Waals surface area (Å²) >= 11 is 0. The summed E-state index contributed by atoms with van der Waals surface area (Å²) in [6.45, 7) is 0. The lowest BCUT2D eigenvalue weighted by atomic mass is 10.0. The van der Waals surface area contributed by atoms with Crippen LogP contribution in [0.3, 0.4) is 0 Å².